The summed E-state index contributed by atoms with van der Waals surface area (Å²) in [5.74, 6) is -1.81. The minimum atomic E-state index is -1.18. The van der Waals surface area contributed by atoms with Crippen LogP contribution in [0.1, 0.15) is 6.92 Å². The third kappa shape index (κ3) is 3.95. The summed E-state index contributed by atoms with van der Waals surface area (Å²) in [7, 11) is 1.20. The Bertz CT molecular complexity index is 274. The van der Waals surface area contributed by atoms with E-state index in [-0.39, 0.29) is 11.3 Å². The van der Waals surface area contributed by atoms with Gasteiger partial charge in [-0.2, -0.15) is 0 Å². The average Bonchev–Trinajstić information content (AvgIpc) is 2.03. The Morgan fingerprint density at radius 1 is 1.38 bits per heavy atom. The van der Waals surface area contributed by atoms with Crippen LogP contribution in [0.2, 0.25) is 0 Å². The quantitative estimate of drug-likeness (QED) is 0.368. The standard InChI is InChI=1S/C8H11NO4/c1-5(9)6(8(11)12)3-4-7(10)13-2/h3-4H,9H2,1-2H3,(H,11,12). The molecule has 0 aliphatic rings. The molecule has 72 valence electrons. The summed E-state index contributed by atoms with van der Waals surface area (Å²) in [5.41, 5.74) is 5.27. The molecule has 0 saturated carbocycles. The molecule has 0 fully saturated rings. The normalized spacial score (nSPS) is 12.5. The highest BCUT2D eigenvalue weighted by molar-refractivity contribution is 5.93. The average molecular weight is 185 g/mol. The van der Waals surface area contributed by atoms with Gasteiger partial charge in [-0.1, -0.05) is 0 Å². The van der Waals surface area contributed by atoms with E-state index >= 15 is 0 Å². The van der Waals surface area contributed by atoms with Crippen molar-refractivity contribution in [2.45, 2.75) is 6.92 Å². The Labute approximate surface area is 75.5 Å². The van der Waals surface area contributed by atoms with Crippen LogP contribution in [0.5, 0.6) is 0 Å². The second kappa shape index (κ2) is 4.97. The Morgan fingerprint density at radius 2 is 1.92 bits per heavy atom. The zero-order valence-electron chi connectivity index (χ0n) is 7.40. The molecule has 0 bridgehead atoms. The lowest BCUT2D eigenvalue weighted by atomic mass is 10.2. The Kier molecular flexibility index (Phi) is 4.29. The molecule has 0 rings (SSSR count). The minimum absolute atomic E-state index is 0.120. The van der Waals surface area contributed by atoms with Gasteiger partial charge in [-0.05, 0) is 13.0 Å². The van der Waals surface area contributed by atoms with Crippen LogP contribution in [0, 0.1) is 0 Å². The van der Waals surface area contributed by atoms with Crippen molar-refractivity contribution in [3.63, 3.8) is 0 Å². The molecule has 0 aromatic rings. The smallest absolute Gasteiger partial charge is 0.337 e. The SMILES string of the molecule is COC(=O)C=CC(C(=O)O)=C(C)N. The molecular formula is C8H11NO4. The van der Waals surface area contributed by atoms with Gasteiger partial charge in [-0.3, -0.25) is 0 Å². The van der Waals surface area contributed by atoms with Crippen LogP contribution in [0.25, 0.3) is 0 Å². The van der Waals surface area contributed by atoms with E-state index in [9.17, 15) is 9.59 Å². The maximum Gasteiger partial charge on any atom is 0.337 e. The molecule has 5 nitrogen and oxygen atoms in total. The van der Waals surface area contributed by atoms with Crippen molar-refractivity contribution in [2.75, 3.05) is 7.11 Å². The van der Waals surface area contributed by atoms with Crippen LogP contribution >= 0.6 is 0 Å². The molecule has 0 aromatic heterocycles. The van der Waals surface area contributed by atoms with E-state index in [1.165, 1.54) is 14.0 Å². The molecule has 0 aliphatic carbocycles. The number of allylic oxidation sites excluding steroid dienone is 1. The maximum atomic E-state index is 10.6. The van der Waals surface area contributed by atoms with Crippen LogP contribution in [0.3, 0.4) is 0 Å². The molecule has 0 aliphatic heterocycles. The monoisotopic (exact) mass is 185 g/mol. The Morgan fingerprint density at radius 3 is 2.23 bits per heavy atom. The lowest BCUT2D eigenvalue weighted by Gasteiger charge is -1.97. The van der Waals surface area contributed by atoms with Gasteiger partial charge >= 0.3 is 11.9 Å². The van der Waals surface area contributed by atoms with Crippen LogP contribution in [0.15, 0.2) is 23.4 Å². The van der Waals surface area contributed by atoms with Gasteiger partial charge in [0.15, 0.2) is 0 Å². The third-order valence-electron chi connectivity index (χ3n) is 1.24. The number of esters is 1. The van der Waals surface area contributed by atoms with Crippen molar-refractivity contribution in [1.29, 1.82) is 0 Å². The van der Waals surface area contributed by atoms with E-state index in [0.29, 0.717) is 0 Å². The molecule has 5 heteroatoms. The van der Waals surface area contributed by atoms with Gasteiger partial charge in [0.05, 0.1) is 12.7 Å². The van der Waals surface area contributed by atoms with Crippen molar-refractivity contribution in [3.05, 3.63) is 23.4 Å². The summed E-state index contributed by atoms with van der Waals surface area (Å²) in [6, 6.07) is 0. The van der Waals surface area contributed by atoms with Crippen LogP contribution in [-0.2, 0) is 14.3 Å². The first-order valence-electron chi connectivity index (χ1n) is 3.44. The second-order valence-electron chi connectivity index (χ2n) is 2.26. The van der Waals surface area contributed by atoms with Crippen molar-refractivity contribution in [1.82, 2.24) is 0 Å². The number of carbonyl (C=O) groups is 2. The highest BCUT2D eigenvalue weighted by atomic mass is 16.5. The molecule has 0 atom stereocenters. The zero-order valence-corrected chi connectivity index (χ0v) is 7.40. The largest absolute Gasteiger partial charge is 0.478 e. The lowest BCUT2D eigenvalue weighted by Crippen LogP contribution is -2.07. The number of nitrogens with two attached hydrogens (primary N) is 1. The number of aliphatic carboxylic acids is 1. The van der Waals surface area contributed by atoms with Gasteiger partial charge in [0.1, 0.15) is 0 Å². The van der Waals surface area contributed by atoms with Crippen LogP contribution in [0.4, 0.5) is 0 Å². The summed E-state index contributed by atoms with van der Waals surface area (Å²) >= 11 is 0. The first-order chi connectivity index (χ1) is 5.99. The molecule has 0 spiro atoms. The van der Waals surface area contributed by atoms with Gasteiger partial charge in [0, 0.05) is 11.8 Å². The van der Waals surface area contributed by atoms with E-state index in [0.717, 1.165) is 12.2 Å². The fraction of sp³-hybridized carbons (Fsp3) is 0.250. The predicted molar refractivity (Wildman–Crippen MR) is 45.7 cm³/mol. The number of carboxylic acids is 1. The van der Waals surface area contributed by atoms with E-state index < -0.39 is 11.9 Å². The highest BCUT2D eigenvalue weighted by Crippen LogP contribution is 2.01. The van der Waals surface area contributed by atoms with Crippen LogP contribution < -0.4 is 5.73 Å². The molecule has 0 unspecified atom stereocenters. The number of rotatable bonds is 3. The lowest BCUT2D eigenvalue weighted by molar-refractivity contribution is -0.134. The Hall–Kier alpha value is -1.78. The topological polar surface area (TPSA) is 89.6 Å². The first kappa shape index (κ1) is 11.2. The fourth-order valence-electron chi connectivity index (χ4n) is 0.591. The first-order valence-corrected chi connectivity index (χ1v) is 3.44. The molecule has 0 heterocycles. The van der Waals surface area contributed by atoms with Crippen molar-refractivity contribution >= 4 is 11.9 Å². The summed E-state index contributed by atoms with van der Waals surface area (Å²) in [6.07, 6.45) is 2.10. The summed E-state index contributed by atoms with van der Waals surface area (Å²) in [5, 5.41) is 8.59. The number of carbonyl (C=O) groups excluding carboxylic acids is 1. The van der Waals surface area contributed by atoms with Crippen LogP contribution in [-0.4, -0.2) is 24.2 Å². The predicted octanol–water partition coefficient (Wildman–Crippen LogP) is 0.0329. The zero-order chi connectivity index (χ0) is 10.4. The van der Waals surface area contributed by atoms with Crippen molar-refractivity contribution in [2.24, 2.45) is 5.73 Å². The van der Waals surface area contributed by atoms with Gasteiger partial charge in [-0.15, -0.1) is 0 Å². The highest BCUT2D eigenvalue weighted by Gasteiger charge is 2.06. The molecule has 13 heavy (non-hydrogen) atoms. The molecule has 0 radical (unpaired) electrons. The molecule has 0 amide bonds. The van der Waals surface area contributed by atoms with E-state index in [1.54, 1.807) is 0 Å². The number of ether oxygens (including phenoxy) is 1. The van der Waals surface area contributed by atoms with Gasteiger partial charge in [0.2, 0.25) is 0 Å². The minimum Gasteiger partial charge on any atom is -0.478 e. The Balaban J connectivity index is 4.66. The summed E-state index contributed by atoms with van der Waals surface area (Å²) < 4.78 is 4.28. The molecule has 3 N–H and O–H groups in total. The summed E-state index contributed by atoms with van der Waals surface area (Å²) in [4.78, 5) is 21.1. The van der Waals surface area contributed by atoms with E-state index in [4.69, 9.17) is 10.8 Å². The van der Waals surface area contributed by atoms with Gasteiger partial charge in [-0.25, -0.2) is 9.59 Å². The van der Waals surface area contributed by atoms with E-state index in [2.05, 4.69) is 4.74 Å². The third-order valence-corrected chi connectivity index (χ3v) is 1.24. The number of methoxy groups -OCH3 is 1. The van der Waals surface area contributed by atoms with Gasteiger partial charge in [0.25, 0.3) is 0 Å². The summed E-state index contributed by atoms with van der Waals surface area (Å²) in [6.45, 7) is 1.44. The van der Waals surface area contributed by atoms with Crippen molar-refractivity contribution < 1.29 is 19.4 Å². The van der Waals surface area contributed by atoms with E-state index in [1.807, 2.05) is 0 Å². The molecular weight excluding hydrogens is 174 g/mol. The van der Waals surface area contributed by atoms with Gasteiger partial charge < -0.3 is 15.6 Å². The second-order valence-corrected chi connectivity index (χ2v) is 2.26. The fourth-order valence-corrected chi connectivity index (χ4v) is 0.591. The number of hydrogen-bond acceptors (Lipinski definition) is 4. The maximum absolute atomic E-state index is 10.6. The molecule has 0 aromatic carbocycles. The number of carboxylic acid groups (broad SMARTS) is 1. The number of hydrogen-bond donors (Lipinski definition) is 2. The van der Waals surface area contributed by atoms with Crippen molar-refractivity contribution in [3.8, 4) is 0 Å². The molecule has 0 saturated heterocycles.